The molecule has 1 saturated heterocycles. The minimum atomic E-state index is -1.41. The molecule has 0 radical (unpaired) electrons. The fourth-order valence-electron chi connectivity index (χ4n) is 3.58. The fraction of sp³-hybridized carbons (Fsp3) is 0.318. The summed E-state index contributed by atoms with van der Waals surface area (Å²) in [5, 5.41) is 26.2. The molecule has 214 valence electrons. The van der Waals surface area contributed by atoms with Crippen LogP contribution in [0.4, 0.5) is 15.3 Å². The second-order valence-corrected chi connectivity index (χ2v) is 9.20. The Morgan fingerprint density at radius 1 is 1.18 bits per heavy atom. The predicted molar refractivity (Wildman–Crippen MR) is 136 cm³/mol. The van der Waals surface area contributed by atoms with Crippen LogP contribution in [0.25, 0.3) is 0 Å². The van der Waals surface area contributed by atoms with Crippen molar-refractivity contribution in [1.82, 2.24) is 10.2 Å². The molecule has 17 nitrogen and oxygen atoms in total. The van der Waals surface area contributed by atoms with Crippen LogP contribution in [-0.4, -0.2) is 100 Å². The van der Waals surface area contributed by atoms with Crippen LogP contribution in [0.1, 0.15) is 5.56 Å². The van der Waals surface area contributed by atoms with E-state index in [1.54, 1.807) is 0 Å². The van der Waals surface area contributed by atoms with Gasteiger partial charge < -0.3 is 41.3 Å². The van der Waals surface area contributed by atoms with Crippen molar-refractivity contribution in [3.63, 3.8) is 0 Å². The maximum absolute atomic E-state index is 13.0. The highest BCUT2D eigenvalue weighted by atomic mass is 32.2. The number of thioether (sulfide) groups is 1. The third-order valence-corrected chi connectivity index (χ3v) is 6.78. The molecule has 0 aliphatic carbocycles. The van der Waals surface area contributed by atoms with E-state index in [9.17, 15) is 33.9 Å². The lowest BCUT2D eigenvalue weighted by Crippen LogP contribution is -2.71. The molecule has 2 aliphatic rings. The van der Waals surface area contributed by atoms with E-state index in [-0.39, 0.29) is 34.0 Å². The Morgan fingerprint density at radius 2 is 1.85 bits per heavy atom. The summed E-state index contributed by atoms with van der Waals surface area (Å²) in [5.41, 5.74) is 10.3. The van der Waals surface area contributed by atoms with Crippen LogP contribution < -0.4 is 22.1 Å². The first-order valence-corrected chi connectivity index (χ1v) is 12.3. The van der Waals surface area contributed by atoms with Gasteiger partial charge in [0.2, 0.25) is 0 Å². The maximum Gasteiger partial charge on any atom is 0.411 e. The van der Waals surface area contributed by atoms with Gasteiger partial charge in [0, 0.05) is 22.6 Å². The zero-order valence-electron chi connectivity index (χ0n) is 20.7. The zero-order valence-corrected chi connectivity index (χ0v) is 21.5. The first-order chi connectivity index (χ1) is 18.9. The highest BCUT2D eigenvalue weighted by Gasteiger charge is 2.54. The highest BCUT2D eigenvalue weighted by Crippen LogP contribution is 2.40. The van der Waals surface area contributed by atoms with Gasteiger partial charge in [-0.25, -0.2) is 14.4 Å². The number of anilines is 1. The molecule has 3 rings (SSSR count). The van der Waals surface area contributed by atoms with E-state index in [0.717, 1.165) is 16.7 Å². The molecular formula is C22H24N6O11S. The molecule has 2 aliphatic heterocycles. The average Bonchev–Trinajstić information content (AvgIpc) is 2.91. The van der Waals surface area contributed by atoms with Crippen LogP contribution in [0, 0.1) is 0 Å². The Kier molecular flexibility index (Phi) is 9.51. The number of fused-ring (bicyclic) bond motifs is 1. The number of carbonyl (C=O) groups excluding carboxylic acids is 4. The molecule has 18 heteroatoms. The number of nitrogens with zero attached hydrogens (tertiary/aromatic N) is 2. The van der Waals surface area contributed by atoms with E-state index in [1.165, 1.54) is 31.4 Å². The van der Waals surface area contributed by atoms with Crippen molar-refractivity contribution in [3.8, 4) is 0 Å². The summed E-state index contributed by atoms with van der Waals surface area (Å²) in [7, 11) is 1.20. The number of carbonyl (C=O) groups is 6. The number of nitrogens with one attached hydrogen (secondary N) is 2. The predicted octanol–water partition coefficient (Wildman–Crippen LogP) is -1.17. The molecule has 1 aromatic rings. The summed E-state index contributed by atoms with van der Waals surface area (Å²) in [4.78, 5) is 76.9. The summed E-state index contributed by atoms with van der Waals surface area (Å²) < 4.78 is 9.40. The van der Waals surface area contributed by atoms with Gasteiger partial charge in [-0.2, -0.15) is 0 Å². The number of nitrogens with two attached hydrogens (primary N) is 2. The topological polar surface area (TPSA) is 262 Å². The van der Waals surface area contributed by atoms with Gasteiger partial charge >= 0.3 is 24.1 Å². The number of carboxylic acid groups (broad SMARTS) is 2. The number of benzene rings is 1. The van der Waals surface area contributed by atoms with Gasteiger partial charge in [-0.3, -0.25) is 24.6 Å². The monoisotopic (exact) mass is 580 g/mol. The second-order valence-electron chi connectivity index (χ2n) is 8.09. The van der Waals surface area contributed by atoms with Crippen LogP contribution in [0.2, 0.25) is 0 Å². The smallest absolute Gasteiger partial charge is 0.411 e. The summed E-state index contributed by atoms with van der Waals surface area (Å²) >= 11 is 1.16. The number of hydrogen-bond acceptors (Lipinski definition) is 12. The van der Waals surface area contributed by atoms with Crippen molar-refractivity contribution in [1.29, 1.82) is 0 Å². The fourth-order valence-corrected chi connectivity index (χ4v) is 4.91. The summed E-state index contributed by atoms with van der Waals surface area (Å²) in [6, 6.07) is 3.16. The molecule has 0 unspecified atom stereocenters. The van der Waals surface area contributed by atoms with Gasteiger partial charge in [-0.1, -0.05) is 17.3 Å². The van der Waals surface area contributed by atoms with Crippen molar-refractivity contribution < 1.29 is 53.3 Å². The van der Waals surface area contributed by atoms with Crippen LogP contribution >= 0.6 is 11.8 Å². The number of carboxylic acids is 2. The number of aliphatic carboxylic acids is 2. The molecular weight excluding hydrogens is 556 g/mol. The zero-order chi connectivity index (χ0) is 29.6. The minimum absolute atomic E-state index is 0.105. The summed E-state index contributed by atoms with van der Waals surface area (Å²) in [6.07, 6.45) is -2.05. The van der Waals surface area contributed by atoms with Crippen LogP contribution in [-0.2, 0) is 33.5 Å². The molecule has 1 aromatic carbocycles. The van der Waals surface area contributed by atoms with Crippen molar-refractivity contribution in [3.05, 3.63) is 41.1 Å². The standard InChI is InChI=1S/C22H24N6O11S/c1-37-27-13(9-2-4-11(5-3-9)25-22(36)39-7-12(23)19(31)32)16(29)26-14-17(30)28-15(20(33)34)10(6-38-21(24)35)8-40-18(14)28/h2-5,12,14,18H,6-8,23H2,1H3,(H2,24,35)(H,25,36)(H,26,29)(H,31,32)(H,33,34)/b27-13+/t12-,14-,18-/m1/s1. The van der Waals surface area contributed by atoms with E-state index < -0.39 is 66.6 Å². The molecule has 0 saturated carbocycles. The third-order valence-electron chi connectivity index (χ3n) is 5.44. The van der Waals surface area contributed by atoms with Gasteiger partial charge in [0.25, 0.3) is 11.8 Å². The second kappa shape index (κ2) is 12.8. The van der Waals surface area contributed by atoms with Crippen molar-refractivity contribution in [2.24, 2.45) is 16.6 Å². The molecule has 4 amide bonds. The van der Waals surface area contributed by atoms with Crippen LogP contribution in [0.3, 0.4) is 0 Å². The number of hydrogen-bond donors (Lipinski definition) is 6. The maximum atomic E-state index is 13.0. The third kappa shape index (κ3) is 6.77. The average molecular weight is 581 g/mol. The Balaban J connectivity index is 1.67. The number of rotatable bonds is 11. The van der Waals surface area contributed by atoms with Crippen molar-refractivity contribution in [2.75, 3.05) is 31.4 Å². The molecule has 8 N–H and O–H groups in total. The summed E-state index contributed by atoms with van der Waals surface area (Å²) in [6.45, 7) is -0.951. The summed E-state index contributed by atoms with van der Waals surface area (Å²) in [5.74, 6) is -4.13. The molecule has 40 heavy (non-hydrogen) atoms. The van der Waals surface area contributed by atoms with Crippen molar-refractivity contribution in [2.45, 2.75) is 17.5 Å². The first-order valence-electron chi connectivity index (χ1n) is 11.2. The van der Waals surface area contributed by atoms with Crippen molar-refractivity contribution >= 4 is 59.1 Å². The van der Waals surface area contributed by atoms with Gasteiger partial charge in [0.15, 0.2) is 5.71 Å². The van der Waals surface area contributed by atoms with Gasteiger partial charge in [0.05, 0.1) is 0 Å². The lowest BCUT2D eigenvalue weighted by Gasteiger charge is -2.49. The molecule has 1 fully saturated rings. The van der Waals surface area contributed by atoms with E-state index in [2.05, 4.69) is 20.5 Å². The van der Waals surface area contributed by atoms with E-state index in [1.807, 2.05) is 0 Å². The molecule has 0 aromatic heterocycles. The molecule has 0 spiro atoms. The Hall–Kier alpha value is -4.84. The number of primary amides is 1. The Morgan fingerprint density at radius 3 is 2.42 bits per heavy atom. The number of oxime groups is 1. The minimum Gasteiger partial charge on any atom is -0.480 e. The lowest BCUT2D eigenvalue weighted by molar-refractivity contribution is -0.150. The first kappa shape index (κ1) is 29.7. The van der Waals surface area contributed by atoms with Crippen LogP contribution in [0.5, 0.6) is 0 Å². The van der Waals surface area contributed by atoms with E-state index in [0.29, 0.717) is 0 Å². The molecule has 3 atom stereocenters. The molecule has 0 bridgehead atoms. The molecule has 2 heterocycles. The van der Waals surface area contributed by atoms with Crippen LogP contribution in [0.15, 0.2) is 40.7 Å². The SMILES string of the molecule is CO/N=C(/C(=O)N[C@@H]1C(=O)N2C(C(=O)O)=C(COC(N)=O)CS[C@H]12)c1ccc(NC(=O)OC[C@@H](N)C(=O)O)cc1. The quantitative estimate of drug-likeness (QED) is 0.102. The Bertz CT molecular complexity index is 1280. The van der Waals surface area contributed by atoms with Gasteiger partial charge in [0.1, 0.15) is 43.5 Å². The van der Waals surface area contributed by atoms with E-state index >= 15 is 0 Å². The number of β-lactam (4-membered cyclic amide) rings is 1. The van der Waals surface area contributed by atoms with E-state index in [4.69, 9.17) is 26.1 Å². The normalized spacial score (nSPS) is 19.0. The van der Waals surface area contributed by atoms with Gasteiger partial charge in [-0.15, -0.1) is 11.8 Å². The van der Waals surface area contributed by atoms with Gasteiger partial charge in [-0.05, 0) is 12.1 Å². The highest BCUT2D eigenvalue weighted by molar-refractivity contribution is 8.00. The Labute approximate surface area is 229 Å². The largest absolute Gasteiger partial charge is 0.480 e. The number of ether oxygens (including phenoxy) is 2. The lowest BCUT2D eigenvalue weighted by atomic mass is 10.0. The number of amides is 4.